The summed E-state index contributed by atoms with van der Waals surface area (Å²) in [4.78, 5) is 44.6. The van der Waals surface area contributed by atoms with Crippen LogP contribution in [0.1, 0.15) is 77.5 Å². The number of aromatic hydroxyl groups is 1. The Labute approximate surface area is 764 Å². The Morgan fingerprint density at radius 2 is 0.865 bits per heavy atom. The molecule has 133 heavy (non-hydrogen) atoms. The molecule has 2 atom stereocenters. The maximum Gasteiger partial charge on any atom is 0.358 e. The Hall–Kier alpha value is -15.7. The van der Waals surface area contributed by atoms with Crippen molar-refractivity contribution in [3.63, 3.8) is 0 Å². The van der Waals surface area contributed by atoms with Gasteiger partial charge in [-0.3, -0.25) is 18.6 Å². The summed E-state index contributed by atoms with van der Waals surface area (Å²) in [6, 6.07) is 54.2. The van der Waals surface area contributed by atoms with Crippen LogP contribution < -0.4 is 29.4 Å². The molecule has 0 unspecified atom stereocenters. The number of nitrogens with zero attached hydrogens (tertiary/aromatic N) is 21. The lowest BCUT2D eigenvalue weighted by molar-refractivity contribution is -0.147. The SMILES string of the molecule is CCc1c(-c2ccc(OCOC)cc2)nnn1C.COC(=O)[C@H]1CCC[C@H](Oc2ccc(-c3n[nH]nc3-c3cnc(C)o3)cc2)C1.COCOc1ccc(-c2nnn(C)c2C(=O)OC)cc1.COCOc1ccc(-c2nnn(C)c2CO)cc1.COCOc1ccc(-c2nnn(C)c2Cn2ccn(Cc3ccccc3)c2=O)cc1.Cc1ncc(-c2c(-c3ccc(O)cc3)nnn2C)o1. The van der Waals surface area contributed by atoms with Gasteiger partial charge in [-0.25, -0.2) is 38.3 Å². The molecule has 1 aliphatic rings. The molecule has 3 N–H and O–H groups in total. The number of H-pyrrole nitrogens is 1. The second-order valence-corrected chi connectivity index (χ2v) is 29.7. The van der Waals surface area contributed by atoms with Crippen molar-refractivity contribution in [1.82, 2.24) is 109 Å². The van der Waals surface area contributed by atoms with Crippen molar-refractivity contribution < 1.29 is 80.7 Å². The van der Waals surface area contributed by atoms with E-state index in [1.807, 2.05) is 146 Å². The van der Waals surface area contributed by atoms with Crippen LogP contribution in [0.3, 0.4) is 0 Å². The molecule has 9 aromatic heterocycles. The van der Waals surface area contributed by atoms with Gasteiger partial charge in [0.25, 0.3) is 0 Å². The fourth-order valence-corrected chi connectivity index (χ4v) is 13.9. The highest BCUT2D eigenvalue weighted by molar-refractivity contribution is 5.94. The smallest absolute Gasteiger partial charge is 0.358 e. The summed E-state index contributed by atoms with van der Waals surface area (Å²) in [6.07, 6.45) is 11.3. The van der Waals surface area contributed by atoms with E-state index in [2.05, 4.69) is 83.9 Å². The number of aromatic amines is 1. The monoisotopic (exact) mass is 1820 g/mol. The van der Waals surface area contributed by atoms with E-state index in [-0.39, 0.29) is 63.2 Å². The largest absolute Gasteiger partial charge is 0.508 e. The number of phenolic OH excluding ortho intramolecular Hbond substituents is 1. The van der Waals surface area contributed by atoms with Crippen molar-refractivity contribution in [2.24, 2.45) is 41.2 Å². The summed E-state index contributed by atoms with van der Waals surface area (Å²) in [6.45, 7) is 7.32. The molecule has 694 valence electrons. The van der Waals surface area contributed by atoms with Crippen molar-refractivity contribution >= 4 is 11.9 Å². The molecular formula is C93H104N22O18. The molecule has 0 bridgehead atoms. The summed E-state index contributed by atoms with van der Waals surface area (Å²) in [5.74, 6) is 5.49. The lowest BCUT2D eigenvalue weighted by atomic mass is 9.87. The van der Waals surface area contributed by atoms with Crippen LogP contribution in [0.2, 0.25) is 0 Å². The highest BCUT2D eigenvalue weighted by Gasteiger charge is 2.30. The van der Waals surface area contributed by atoms with E-state index in [0.717, 1.165) is 110 Å². The second-order valence-electron chi connectivity index (χ2n) is 29.7. The average Bonchev–Trinajstić information content (AvgIpc) is 1.66. The van der Waals surface area contributed by atoms with Crippen LogP contribution in [-0.2, 0) is 94.6 Å². The number of carbonyl (C=O) groups is 2. The van der Waals surface area contributed by atoms with Gasteiger partial charge in [-0.15, -0.1) is 25.5 Å². The van der Waals surface area contributed by atoms with Gasteiger partial charge in [0.2, 0.25) is 0 Å². The predicted molar refractivity (Wildman–Crippen MR) is 485 cm³/mol. The van der Waals surface area contributed by atoms with E-state index in [4.69, 9.17) is 60.9 Å². The Morgan fingerprint density at radius 1 is 0.451 bits per heavy atom. The van der Waals surface area contributed by atoms with Crippen LogP contribution in [0.4, 0.5) is 0 Å². The number of carbonyl (C=O) groups excluding carboxylic acids is 2. The van der Waals surface area contributed by atoms with E-state index in [0.29, 0.717) is 94.2 Å². The summed E-state index contributed by atoms with van der Waals surface area (Å²) in [5, 5.41) is 70.3. The third kappa shape index (κ3) is 25.5. The fourth-order valence-electron chi connectivity index (χ4n) is 13.9. The first-order chi connectivity index (χ1) is 64.6. The van der Waals surface area contributed by atoms with Gasteiger partial charge in [-0.1, -0.05) is 63.3 Å². The first-order valence-electron chi connectivity index (χ1n) is 41.9. The number of ether oxygens (including phenoxy) is 11. The van der Waals surface area contributed by atoms with Crippen molar-refractivity contribution in [3.05, 3.63) is 251 Å². The number of esters is 2. The summed E-state index contributed by atoms with van der Waals surface area (Å²) >= 11 is 0. The van der Waals surface area contributed by atoms with Crippen LogP contribution in [0.5, 0.6) is 34.5 Å². The van der Waals surface area contributed by atoms with Gasteiger partial charge in [0, 0.05) is 123 Å². The van der Waals surface area contributed by atoms with E-state index in [9.17, 15) is 24.6 Å². The maximum atomic E-state index is 12.9. The molecule has 0 aliphatic heterocycles. The predicted octanol–water partition coefficient (Wildman–Crippen LogP) is 12.5. The lowest BCUT2D eigenvalue weighted by Crippen LogP contribution is -2.30. The molecule has 40 heteroatoms. The minimum Gasteiger partial charge on any atom is -0.508 e. The Bertz CT molecular complexity index is 6280. The molecule has 1 fully saturated rings. The van der Waals surface area contributed by atoms with Gasteiger partial charge in [0.1, 0.15) is 74.4 Å². The van der Waals surface area contributed by atoms with Crippen LogP contribution in [0.15, 0.2) is 214 Å². The van der Waals surface area contributed by atoms with Crippen molar-refractivity contribution in [2.75, 3.05) is 69.8 Å². The number of phenols is 1. The molecule has 7 aromatic carbocycles. The Balaban J connectivity index is 0.000000146. The molecule has 0 spiro atoms. The number of methoxy groups -OCH3 is 6. The Morgan fingerprint density at radius 3 is 1.35 bits per heavy atom. The third-order valence-electron chi connectivity index (χ3n) is 20.7. The zero-order valence-electron chi connectivity index (χ0n) is 76.0. The number of oxazole rings is 2. The van der Waals surface area contributed by atoms with Crippen molar-refractivity contribution in [1.29, 1.82) is 0 Å². The fraction of sp³-hybridized carbons (Fsp3) is 0.301. The number of imidazole rings is 1. The highest BCUT2D eigenvalue weighted by atomic mass is 16.7. The number of hydrogen-bond donors (Lipinski definition) is 3. The zero-order chi connectivity index (χ0) is 94.3. The average molecular weight is 1820 g/mol. The number of aliphatic hydroxyl groups is 1. The minimum absolute atomic E-state index is 0.0171. The number of hydrogen-bond acceptors (Lipinski definition) is 32. The topological polar surface area (TPSA) is 450 Å². The molecular weight excluding hydrogens is 1710 g/mol. The standard InChI is InChI=1S/C22H23N5O3.C20H22N4O4.C13H12N4O2.C13H15N3O4.C13H17N3O2.C12H15N3O3/c1-25-20(21(23-24-25)18-8-10-19(11-9-18)30-16-29-2)15-27-13-12-26(22(27)28)14-17-6-4-3-5-7-17;1-12-21-11-17(27-12)19-18(22-24-23-19)13-6-8-15(9-7-13)28-16-5-3-4-14(10-16)20(25)26-2;1-8-14-7-11(19-8)13-12(15-16-17(13)2)9-3-5-10(18)6-4-9;1-16-12(13(17)19-3)11(14-15-16)9-4-6-10(7-5-9)20-8-18-2;1-4-12-13(14-15-16(12)2)10-5-7-11(8-6-10)18-9-17-3;1-15-11(7-16)12(13-14-15)9-3-5-10(6-4-9)18-8-17-2/h3-13H,14-16H2,1-2H3;6-9,11,14,16H,3-5,10H2,1-2H3,(H,22,23,24);3-7,18H,1-2H3;4-7H,8H2,1-3H3;5-8H,4,9H2,1-3H3;3-6,16H,7-8H2,1-2H3/t;14-,16-;;;;/m.0..../s1. The van der Waals surface area contributed by atoms with E-state index < -0.39 is 5.97 Å². The lowest BCUT2D eigenvalue weighted by Gasteiger charge is -2.28. The zero-order valence-corrected chi connectivity index (χ0v) is 76.0. The maximum absolute atomic E-state index is 12.9. The summed E-state index contributed by atoms with van der Waals surface area (Å²) in [7, 11) is 18.0. The first-order valence-corrected chi connectivity index (χ1v) is 41.9. The van der Waals surface area contributed by atoms with E-state index in [1.54, 1.807) is 160 Å². The minimum atomic E-state index is -0.479. The number of aryl methyl sites for hydroxylation is 7. The van der Waals surface area contributed by atoms with Gasteiger partial charge in [-0.05, 0) is 183 Å². The summed E-state index contributed by atoms with van der Waals surface area (Å²) in [5.41, 5.74) is 14.9. The van der Waals surface area contributed by atoms with Crippen LogP contribution in [0, 0.1) is 19.8 Å². The number of rotatable bonds is 30. The normalized spacial score (nSPS) is 12.5. The van der Waals surface area contributed by atoms with E-state index >= 15 is 0 Å². The molecule has 40 nitrogen and oxygen atoms in total. The quantitative estimate of drug-likeness (QED) is 0.0278. The van der Waals surface area contributed by atoms with Gasteiger partial charge < -0.3 is 71.2 Å². The molecule has 0 saturated heterocycles. The van der Waals surface area contributed by atoms with Crippen molar-refractivity contribution in [2.45, 2.75) is 78.7 Å². The van der Waals surface area contributed by atoms with Gasteiger partial charge in [0.15, 0.2) is 61.9 Å². The van der Waals surface area contributed by atoms with Gasteiger partial charge in [-0.2, -0.15) is 15.4 Å². The first kappa shape index (κ1) is 96.4. The van der Waals surface area contributed by atoms with Gasteiger partial charge in [0.05, 0.1) is 75.4 Å². The third-order valence-corrected chi connectivity index (χ3v) is 20.7. The van der Waals surface area contributed by atoms with Crippen LogP contribution >= 0.6 is 0 Å². The second kappa shape index (κ2) is 47.6. The highest BCUT2D eigenvalue weighted by Crippen LogP contribution is 2.36. The number of benzene rings is 7. The Kier molecular flexibility index (Phi) is 34.5. The van der Waals surface area contributed by atoms with E-state index in [1.165, 1.54) is 18.9 Å². The molecule has 0 radical (unpaired) electrons. The van der Waals surface area contributed by atoms with Crippen molar-refractivity contribution in [3.8, 4) is 125 Å². The molecule has 17 rings (SSSR count). The van der Waals surface area contributed by atoms with Crippen LogP contribution in [0.25, 0.3) is 90.5 Å². The number of aliphatic hydroxyl groups excluding tert-OH is 1. The molecule has 9 heterocycles. The molecule has 1 aliphatic carbocycles. The number of nitrogens with one attached hydrogen (secondary N) is 1. The summed E-state index contributed by atoms with van der Waals surface area (Å²) < 4.78 is 79.0. The number of aromatic nitrogens is 22. The molecule has 16 aromatic rings. The van der Waals surface area contributed by atoms with Crippen LogP contribution in [-0.4, -0.2) is 208 Å². The molecule has 1 saturated carbocycles. The molecule has 0 amide bonds. The van der Waals surface area contributed by atoms with Gasteiger partial charge >= 0.3 is 17.6 Å².